The Hall–Kier alpha value is -3.04. The van der Waals surface area contributed by atoms with E-state index in [1.807, 2.05) is 18.2 Å². The largest absolute Gasteiger partial charge is 0.325 e. The zero-order valence-corrected chi connectivity index (χ0v) is 15.4. The second kappa shape index (κ2) is 7.68. The van der Waals surface area contributed by atoms with Gasteiger partial charge in [0.15, 0.2) is 0 Å². The number of tetrazole rings is 1. The van der Waals surface area contributed by atoms with Gasteiger partial charge in [0.2, 0.25) is 11.1 Å². The number of carbonyl (C=O) groups is 1. The van der Waals surface area contributed by atoms with Gasteiger partial charge in [-0.25, -0.2) is 0 Å². The Morgan fingerprint density at radius 2 is 1.96 bits per heavy atom. The number of nitrogens with zero attached hydrogens (tertiary/aromatic N) is 6. The fourth-order valence-electron chi connectivity index (χ4n) is 2.41. The van der Waals surface area contributed by atoms with Crippen molar-refractivity contribution >= 4 is 46.0 Å². The minimum atomic E-state index is -0.177. The topological polar surface area (TPSA) is 98.5 Å². The predicted molar refractivity (Wildman–Crippen MR) is 103 cm³/mol. The molecule has 1 N–H and O–H groups in total. The number of anilines is 1. The minimum Gasteiger partial charge on any atom is -0.325 e. The van der Waals surface area contributed by atoms with Gasteiger partial charge < -0.3 is 5.32 Å². The molecule has 10 heteroatoms. The van der Waals surface area contributed by atoms with E-state index in [1.165, 1.54) is 16.4 Å². The van der Waals surface area contributed by atoms with Crippen molar-refractivity contribution in [3.05, 3.63) is 59.9 Å². The SMILES string of the molecule is O=C(CSc1nnnn1-c1cccc(Cl)c1)Nc1ccc2nccnc2c1. The molecule has 0 bridgehead atoms. The van der Waals surface area contributed by atoms with Crippen LogP contribution in [0.4, 0.5) is 5.69 Å². The molecule has 8 nitrogen and oxygen atoms in total. The number of hydrogen-bond donors (Lipinski definition) is 1. The Morgan fingerprint density at radius 1 is 1.11 bits per heavy atom. The number of fused-ring (bicyclic) bond motifs is 1. The number of carbonyl (C=O) groups excluding carboxylic acids is 1. The number of rotatable bonds is 5. The molecule has 2 aromatic carbocycles. The number of nitrogens with one attached hydrogen (secondary N) is 1. The summed E-state index contributed by atoms with van der Waals surface area (Å²) >= 11 is 7.24. The first-order chi connectivity index (χ1) is 13.2. The number of halogens is 1. The van der Waals surface area contributed by atoms with Crippen molar-refractivity contribution in [2.24, 2.45) is 0 Å². The van der Waals surface area contributed by atoms with E-state index in [-0.39, 0.29) is 11.7 Å². The molecular formula is C17H12ClN7OS. The summed E-state index contributed by atoms with van der Waals surface area (Å²) in [4.78, 5) is 20.7. The highest BCUT2D eigenvalue weighted by Gasteiger charge is 2.12. The summed E-state index contributed by atoms with van der Waals surface area (Å²) in [5.74, 6) is -0.0247. The molecule has 0 radical (unpaired) electrons. The van der Waals surface area contributed by atoms with E-state index < -0.39 is 0 Å². The predicted octanol–water partition coefficient (Wildman–Crippen LogP) is 2.99. The Kier molecular flexibility index (Phi) is 4.95. The zero-order valence-electron chi connectivity index (χ0n) is 13.8. The van der Waals surface area contributed by atoms with Gasteiger partial charge in [-0.2, -0.15) is 4.68 Å². The molecule has 0 aliphatic rings. The third-order valence-corrected chi connectivity index (χ3v) is 4.73. The minimum absolute atomic E-state index is 0.152. The molecule has 0 aliphatic carbocycles. The molecular weight excluding hydrogens is 386 g/mol. The lowest BCUT2D eigenvalue weighted by Gasteiger charge is -2.06. The maximum absolute atomic E-state index is 12.3. The van der Waals surface area contributed by atoms with Crippen LogP contribution in [0.15, 0.2) is 60.0 Å². The first kappa shape index (κ1) is 17.4. The average molecular weight is 398 g/mol. The van der Waals surface area contributed by atoms with Crippen LogP contribution in [0.5, 0.6) is 0 Å². The molecule has 0 aliphatic heterocycles. The molecule has 27 heavy (non-hydrogen) atoms. The summed E-state index contributed by atoms with van der Waals surface area (Å²) in [6, 6.07) is 12.5. The van der Waals surface area contributed by atoms with Crippen LogP contribution in [0, 0.1) is 0 Å². The lowest BCUT2D eigenvalue weighted by atomic mass is 10.2. The second-order valence-corrected chi connectivity index (χ2v) is 6.83. The van der Waals surface area contributed by atoms with E-state index in [0.29, 0.717) is 21.4 Å². The molecule has 0 spiro atoms. The van der Waals surface area contributed by atoms with Crippen LogP contribution >= 0.6 is 23.4 Å². The molecule has 4 aromatic rings. The molecule has 0 saturated carbocycles. The fraction of sp³-hybridized carbons (Fsp3) is 0.0588. The molecule has 2 aromatic heterocycles. The molecule has 0 unspecified atom stereocenters. The summed E-state index contributed by atoms with van der Waals surface area (Å²) in [7, 11) is 0. The standard InChI is InChI=1S/C17H12ClN7OS/c18-11-2-1-3-13(8-11)25-17(22-23-24-25)27-10-16(26)21-12-4-5-14-15(9-12)20-7-6-19-14/h1-9H,10H2,(H,21,26). The van der Waals surface area contributed by atoms with Gasteiger partial charge in [0, 0.05) is 23.1 Å². The monoisotopic (exact) mass is 397 g/mol. The molecule has 4 rings (SSSR count). The quantitative estimate of drug-likeness (QED) is 0.517. The lowest BCUT2D eigenvalue weighted by Crippen LogP contribution is -2.14. The number of hydrogen-bond acceptors (Lipinski definition) is 7. The van der Waals surface area contributed by atoms with Crippen molar-refractivity contribution in [2.75, 3.05) is 11.1 Å². The third kappa shape index (κ3) is 4.04. The van der Waals surface area contributed by atoms with Crippen molar-refractivity contribution in [3.8, 4) is 5.69 Å². The van der Waals surface area contributed by atoms with E-state index >= 15 is 0 Å². The number of thioether (sulfide) groups is 1. The molecule has 0 saturated heterocycles. The van der Waals surface area contributed by atoms with Crippen LogP contribution in [-0.4, -0.2) is 41.8 Å². The highest BCUT2D eigenvalue weighted by Crippen LogP contribution is 2.21. The van der Waals surface area contributed by atoms with Gasteiger partial charge in [-0.1, -0.05) is 29.4 Å². The van der Waals surface area contributed by atoms with E-state index in [2.05, 4.69) is 30.8 Å². The van der Waals surface area contributed by atoms with Crippen LogP contribution in [0.25, 0.3) is 16.7 Å². The summed E-state index contributed by atoms with van der Waals surface area (Å²) in [6.45, 7) is 0. The first-order valence-corrected chi connectivity index (χ1v) is 9.23. The van der Waals surface area contributed by atoms with E-state index in [4.69, 9.17) is 11.6 Å². The van der Waals surface area contributed by atoms with Crippen molar-refractivity contribution in [1.29, 1.82) is 0 Å². The van der Waals surface area contributed by atoms with Gasteiger partial charge in [0.05, 0.1) is 22.5 Å². The van der Waals surface area contributed by atoms with E-state index in [9.17, 15) is 4.79 Å². The Balaban J connectivity index is 1.43. The van der Waals surface area contributed by atoms with Crippen molar-refractivity contribution in [3.63, 3.8) is 0 Å². The van der Waals surface area contributed by atoms with Crippen LogP contribution in [0.2, 0.25) is 5.02 Å². The fourth-order valence-corrected chi connectivity index (χ4v) is 3.28. The summed E-state index contributed by atoms with van der Waals surface area (Å²) < 4.78 is 1.54. The second-order valence-electron chi connectivity index (χ2n) is 5.45. The Morgan fingerprint density at radius 3 is 2.81 bits per heavy atom. The van der Waals surface area contributed by atoms with Gasteiger partial charge in [0.25, 0.3) is 0 Å². The van der Waals surface area contributed by atoms with Gasteiger partial charge in [-0.05, 0) is 46.8 Å². The van der Waals surface area contributed by atoms with Crippen LogP contribution < -0.4 is 5.32 Å². The highest BCUT2D eigenvalue weighted by molar-refractivity contribution is 7.99. The number of amides is 1. The maximum atomic E-state index is 12.3. The van der Waals surface area contributed by atoms with Gasteiger partial charge in [-0.15, -0.1) is 5.10 Å². The number of aromatic nitrogens is 6. The molecule has 0 fully saturated rings. The summed E-state index contributed by atoms with van der Waals surface area (Å²) in [5.41, 5.74) is 2.87. The maximum Gasteiger partial charge on any atom is 0.234 e. The van der Waals surface area contributed by atoms with Gasteiger partial charge in [0.1, 0.15) is 0 Å². The summed E-state index contributed by atoms with van der Waals surface area (Å²) in [6.07, 6.45) is 3.24. The highest BCUT2D eigenvalue weighted by atomic mass is 35.5. The third-order valence-electron chi connectivity index (χ3n) is 3.58. The molecule has 1 amide bonds. The first-order valence-electron chi connectivity index (χ1n) is 7.87. The van der Waals surface area contributed by atoms with Crippen LogP contribution in [0.1, 0.15) is 0 Å². The van der Waals surface area contributed by atoms with Crippen molar-refractivity contribution < 1.29 is 4.79 Å². The Labute approximate surface area is 163 Å². The van der Waals surface area contributed by atoms with E-state index in [0.717, 1.165) is 11.2 Å². The van der Waals surface area contributed by atoms with Crippen molar-refractivity contribution in [2.45, 2.75) is 5.16 Å². The summed E-state index contributed by atoms with van der Waals surface area (Å²) in [5, 5.41) is 15.5. The van der Waals surface area contributed by atoms with Gasteiger partial charge in [-0.3, -0.25) is 14.8 Å². The molecule has 2 heterocycles. The lowest BCUT2D eigenvalue weighted by molar-refractivity contribution is -0.113. The van der Waals surface area contributed by atoms with Crippen molar-refractivity contribution in [1.82, 2.24) is 30.2 Å². The molecule has 134 valence electrons. The van der Waals surface area contributed by atoms with Gasteiger partial charge >= 0.3 is 0 Å². The normalized spacial score (nSPS) is 10.9. The number of benzene rings is 2. The zero-order chi connectivity index (χ0) is 18.6. The average Bonchev–Trinajstić information content (AvgIpc) is 3.15. The Bertz CT molecular complexity index is 1120. The van der Waals surface area contributed by atoms with Crippen LogP contribution in [0.3, 0.4) is 0 Å². The van der Waals surface area contributed by atoms with Crippen LogP contribution in [-0.2, 0) is 4.79 Å². The molecule has 0 atom stereocenters. The van der Waals surface area contributed by atoms with E-state index in [1.54, 1.807) is 36.7 Å². The smallest absolute Gasteiger partial charge is 0.234 e.